The van der Waals surface area contributed by atoms with Crippen LogP contribution in [0, 0.1) is 17.7 Å². The van der Waals surface area contributed by atoms with Crippen LogP contribution in [0.2, 0.25) is 0 Å². The van der Waals surface area contributed by atoms with E-state index in [2.05, 4.69) is 5.32 Å². The Bertz CT molecular complexity index is 1080. The van der Waals surface area contributed by atoms with Crippen LogP contribution in [-0.2, 0) is 26.0 Å². The highest BCUT2D eigenvalue weighted by atomic mass is 32.2. The zero-order valence-corrected chi connectivity index (χ0v) is 19.0. The number of carbonyl (C=O) groups is 2. The van der Waals surface area contributed by atoms with Gasteiger partial charge in [0.15, 0.2) is 0 Å². The van der Waals surface area contributed by atoms with E-state index in [0.29, 0.717) is 19.3 Å². The monoisotopic (exact) mass is 473 g/mol. The number of nitrogens with zero attached hydrogens (tertiary/aromatic N) is 1. The molecule has 3 rings (SSSR count). The molecule has 1 saturated heterocycles. The van der Waals surface area contributed by atoms with Crippen molar-refractivity contribution < 1.29 is 22.4 Å². The fraction of sp³-hybridized carbons (Fsp3) is 0.333. The van der Waals surface area contributed by atoms with E-state index in [1.807, 2.05) is 30.3 Å². The van der Waals surface area contributed by atoms with Crippen molar-refractivity contribution >= 4 is 27.9 Å². The number of rotatable bonds is 9. The van der Waals surface area contributed by atoms with Gasteiger partial charge in [-0.05, 0) is 48.6 Å². The molecule has 1 fully saturated rings. The molecule has 176 valence electrons. The van der Waals surface area contributed by atoms with Crippen molar-refractivity contribution in [3.63, 3.8) is 0 Å². The molecule has 3 N–H and O–H groups in total. The van der Waals surface area contributed by atoms with E-state index in [1.54, 1.807) is 18.2 Å². The Labute approximate surface area is 193 Å². The van der Waals surface area contributed by atoms with E-state index in [0.717, 1.165) is 11.1 Å². The number of primary amides is 1. The van der Waals surface area contributed by atoms with Crippen LogP contribution < -0.4 is 11.1 Å². The summed E-state index contributed by atoms with van der Waals surface area (Å²) in [5, 5.41) is 3.96. The molecule has 1 aliphatic rings. The summed E-state index contributed by atoms with van der Waals surface area (Å²) in [6.07, 6.45) is 2.63. The first-order valence-electron chi connectivity index (χ1n) is 10.8. The lowest BCUT2D eigenvalue weighted by Gasteiger charge is -2.30. The number of nitrogens with two attached hydrogens (primary N) is 1. The molecule has 0 bridgehead atoms. The second kappa shape index (κ2) is 11.2. The fourth-order valence-corrected chi connectivity index (χ4v) is 4.95. The largest absolute Gasteiger partial charge is 0.369 e. The second-order valence-corrected chi connectivity index (χ2v) is 9.93. The Morgan fingerprint density at radius 1 is 1.09 bits per heavy atom. The molecule has 33 heavy (non-hydrogen) atoms. The Morgan fingerprint density at radius 3 is 2.33 bits per heavy atom. The van der Waals surface area contributed by atoms with Crippen LogP contribution in [0.1, 0.15) is 24.0 Å². The van der Waals surface area contributed by atoms with Crippen LogP contribution >= 0.6 is 0 Å². The van der Waals surface area contributed by atoms with E-state index in [4.69, 9.17) is 5.73 Å². The van der Waals surface area contributed by atoms with E-state index < -0.39 is 21.8 Å². The van der Waals surface area contributed by atoms with Gasteiger partial charge >= 0.3 is 0 Å². The normalized spacial score (nSPS) is 16.5. The predicted octanol–water partition coefficient (Wildman–Crippen LogP) is 2.30. The van der Waals surface area contributed by atoms with Gasteiger partial charge in [-0.25, -0.2) is 12.8 Å². The second-order valence-electron chi connectivity index (χ2n) is 8.11. The first kappa shape index (κ1) is 24.6. The van der Waals surface area contributed by atoms with Gasteiger partial charge in [0.25, 0.3) is 0 Å². The van der Waals surface area contributed by atoms with Crippen molar-refractivity contribution in [3.8, 4) is 0 Å². The number of hydrogen-bond acceptors (Lipinski definition) is 4. The van der Waals surface area contributed by atoms with Crippen LogP contribution in [0.4, 0.5) is 4.39 Å². The number of amides is 2. The predicted molar refractivity (Wildman–Crippen MR) is 124 cm³/mol. The minimum atomic E-state index is -3.57. The van der Waals surface area contributed by atoms with E-state index in [1.165, 1.54) is 21.8 Å². The molecule has 1 aliphatic heterocycles. The minimum absolute atomic E-state index is 0.0733. The molecule has 7 nitrogen and oxygen atoms in total. The number of piperidine rings is 1. The lowest BCUT2D eigenvalue weighted by atomic mass is 9.95. The van der Waals surface area contributed by atoms with E-state index in [9.17, 15) is 22.4 Å². The number of benzene rings is 2. The number of hydrogen-bond donors (Lipinski definition) is 2. The molecule has 2 aromatic rings. The average Bonchev–Trinajstić information content (AvgIpc) is 2.82. The fourth-order valence-electron chi connectivity index (χ4n) is 3.73. The Hall–Kier alpha value is -3.04. The Balaban J connectivity index is 1.49. The molecule has 0 radical (unpaired) electrons. The smallest absolute Gasteiger partial charge is 0.236 e. The quantitative estimate of drug-likeness (QED) is 0.582. The molecule has 9 heteroatoms. The van der Waals surface area contributed by atoms with Crippen molar-refractivity contribution in [3.05, 3.63) is 76.9 Å². The number of halogens is 1. The van der Waals surface area contributed by atoms with Gasteiger partial charge < -0.3 is 11.1 Å². The van der Waals surface area contributed by atoms with Gasteiger partial charge in [0, 0.05) is 31.0 Å². The van der Waals surface area contributed by atoms with Crippen molar-refractivity contribution in [1.82, 2.24) is 9.62 Å². The van der Waals surface area contributed by atoms with Crippen molar-refractivity contribution in [2.45, 2.75) is 19.3 Å². The van der Waals surface area contributed by atoms with Crippen LogP contribution in [0.25, 0.3) is 6.08 Å². The van der Waals surface area contributed by atoms with Crippen LogP contribution in [0.3, 0.4) is 0 Å². The third-order valence-corrected chi connectivity index (χ3v) is 7.30. The van der Waals surface area contributed by atoms with Crippen molar-refractivity contribution in [2.24, 2.45) is 17.6 Å². The molecule has 1 heterocycles. The van der Waals surface area contributed by atoms with Gasteiger partial charge in [-0.15, -0.1) is 0 Å². The van der Waals surface area contributed by atoms with Gasteiger partial charge in [0.05, 0.1) is 5.92 Å². The molecule has 2 aromatic carbocycles. The molecule has 1 atom stereocenters. The van der Waals surface area contributed by atoms with Gasteiger partial charge in [0.2, 0.25) is 21.8 Å². The molecule has 0 spiro atoms. The first-order valence-corrected chi connectivity index (χ1v) is 12.3. The summed E-state index contributed by atoms with van der Waals surface area (Å²) in [6.45, 7) is 0.562. The SMILES string of the molecule is NC(=O)C(CNC(=O)C1CCN(S(=O)(=O)/C=C/c2ccccc2)CC1)Cc1ccc(F)cc1. The van der Waals surface area contributed by atoms with E-state index in [-0.39, 0.29) is 37.3 Å². The highest BCUT2D eigenvalue weighted by Gasteiger charge is 2.30. The van der Waals surface area contributed by atoms with Crippen LogP contribution in [0.15, 0.2) is 60.0 Å². The third kappa shape index (κ3) is 7.23. The van der Waals surface area contributed by atoms with Crippen molar-refractivity contribution in [1.29, 1.82) is 0 Å². The van der Waals surface area contributed by atoms with Gasteiger partial charge in [-0.2, -0.15) is 4.31 Å². The molecule has 0 aromatic heterocycles. The van der Waals surface area contributed by atoms with Gasteiger partial charge in [-0.3, -0.25) is 9.59 Å². The van der Waals surface area contributed by atoms with Crippen molar-refractivity contribution in [2.75, 3.05) is 19.6 Å². The Kier molecular flexibility index (Phi) is 8.35. The summed E-state index contributed by atoms with van der Waals surface area (Å²) < 4.78 is 39.6. The summed E-state index contributed by atoms with van der Waals surface area (Å²) in [4.78, 5) is 24.4. The average molecular weight is 474 g/mol. The maximum Gasteiger partial charge on any atom is 0.236 e. The number of nitrogens with one attached hydrogen (secondary N) is 1. The molecular formula is C24H28FN3O4S. The zero-order valence-electron chi connectivity index (χ0n) is 18.2. The molecular weight excluding hydrogens is 445 g/mol. The summed E-state index contributed by atoms with van der Waals surface area (Å²) in [5.74, 6) is -2.11. The molecule has 1 unspecified atom stereocenters. The third-order valence-electron chi connectivity index (χ3n) is 5.74. The van der Waals surface area contributed by atoms with Crippen LogP contribution in [0.5, 0.6) is 0 Å². The summed E-state index contributed by atoms with van der Waals surface area (Å²) in [6, 6.07) is 14.9. The zero-order chi connectivity index (χ0) is 23.8. The van der Waals surface area contributed by atoms with Gasteiger partial charge in [0.1, 0.15) is 5.82 Å². The highest BCUT2D eigenvalue weighted by Crippen LogP contribution is 2.21. The number of carbonyl (C=O) groups excluding carboxylic acids is 2. The van der Waals surface area contributed by atoms with E-state index >= 15 is 0 Å². The topological polar surface area (TPSA) is 110 Å². The molecule has 0 aliphatic carbocycles. The summed E-state index contributed by atoms with van der Waals surface area (Å²) in [5.41, 5.74) is 7.01. The maximum absolute atomic E-state index is 13.1. The minimum Gasteiger partial charge on any atom is -0.369 e. The highest BCUT2D eigenvalue weighted by molar-refractivity contribution is 7.92. The number of sulfonamides is 1. The summed E-state index contributed by atoms with van der Waals surface area (Å²) >= 11 is 0. The molecule has 0 saturated carbocycles. The maximum atomic E-state index is 13.1. The lowest BCUT2D eigenvalue weighted by molar-refractivity contribution is -0.127. The standard InChI is InChI=1S/C24H28FN3O4S/c25-22-8-6-19(7-9-22)16-21(23(26)29)17-27-24(30)20-10-13-28(14-11-20)33(31,32)15-12-18-4-2-1-3-5-18/h1-9,12,15,20-21H,10-11,13-14,16-17H2,(H2,26,29)(H,27,30)/b15-12+. The summed E-state index contributed by atoms with van der Waals surface area (Å²) in [7, 11) is -3.57. The van der Waals surface area contributed by atoms with Gasteiger partial charge in [-0.1, -0.05) is 42.5 Å². The molecule has 2 amide bonds. The van der Waals surface area contributed by atoms with Crippen LogP contribution in [-0.4, -0.2) is 44.2 Å². The lowest BCUT2D eigenvalue weighted by Crippen LogP contribution is -2.44. The first-order chi connectivity index (χ1) is 15.7. The Morgan fingerprint density at radius 2 is 1.73 bits per heavy atom.